The van der Waals surface area contributed by atoms with Gasteiger partial charge in [-0.25, -0.2) is 13.2 Å². The van der Waals surface area contributed by atoms with Crippen LogP contribution in [0.15, 0.2) is 77.7 Å². The van der Waals surface area contributed by atoms with Crippen LogP contribution in [-0.2, 0) is 41.7 Å². The molecule has 252 valence electrons. The molecule has 0 saturated carbocycles. The van der Waals surface area contributed by atoms with Crippen molar-refractivity contribution in [3.05, 3.63) is 95.1 Å². The minimum absolute atomic E-state index is 0.0312. The smallest absolute Gasteiger partial charge is 0.407 e. The highest BCUT2D eigenvalue weighted by Crippen LogP contribution is 2.33. The van der Waals surface area contributed by atoms with Gasteiger partial charge in [0.05, 0.1) is 36.2 Å². The number of aryl methyl sites for hydroxylation is 2. The zero-order chi connectivity index (χ0) is 33.6. The SMILES string of the molecule is Cc1cc(N)cc(C)c1S(=O)(=O)CC(=O)N[C@@H](Cc1ccccc1)C[C@H](O)[C@H](Cc1ccccc1)NC(=O)O[C@H]1CO[C@H]2OCC[C@H]21. The average Bonchev–Trinajstić information content (AvgIpc) is 3.62. The number of hydrogen-bond donors (Lipinski definition) is 4. The van der Waals surface area contributed by atoms with Crippen molar-refractivity contribution in [1.82, 2.24) is 10.6 Å². The molecule has 6 atom stereocenters. The number of aliphatic hydroxyl groups excluding tert-OH is 1. The summed E-state index contributed by atoms with van der Waals surface area (Å²) in [4.78, 5) is 26.5. The maximum absolute atomic E-state index is 13.4. The number of carbonyl (C=O) groups excluding carboxylic acids is 2. The van der Waals surface area contributed by atoms with Gasteiger partial charge in [-0.15, -0.1) is 0 Å². The Kier molecular flexibility index (Phi) is 11.2. The third-order valence-electron chi connectivity index (χ3n) is 8.64. The molecule has 11 nitrogen and oxygen atoms in total. The Morgan fingerprint density at radius 3 is 2.21 bits per heavy atom. The number of hydrogen-bond acceptors (Lipinski definition) is 9. The lowest BCUT2D eigenvalue weighted by Gasteiger charge is -2.29. The van der Waals surface area contributed by atoms with E-state index in [4.69, 9.17) is 19.9 Å². The number of fused-ring (bicyclic) bond motifs is 1. The van der Waals surface area contributed by atoms with Gasteiger partial charge in [0.1, 0.15) is 11.9 Å². The number of anilines is 1. The van der Waals surface area contributed by atoms with Crippen molar-refractivity contribution < 1.29 is 37.3 Å². The summed E-state index contributed by atoms with van der Waals surface area (Å²) in [6.45, 7) is 4.07. The molecule has 47 heavy (non-hydrogen) atoms. The van der Waals surface area contributed by atoms with E-state index in [0.717, 1.165) is 17.5 Å². The van der Waals surface area contributed by atoms with Gasteiger partial charge in [-0.2, -0.15) is 0 Å². The molecule has 2 amide bonds. The van der Waals surface area contributed by atoms with Gasteiger partial charge >= 0.3 is 6.09 Å². The zero-order valence-electron chi connectivity index (χ0n) is 26.6. The third kappa shape index (κ3) is 9.10. The summed E-state index contributed by atoms with van der Waals surface area (Å²) in [5.41, 5.74) is 9.03. The Morgan fingerprint density at radius 2 is 1.57 bits per heavy atom. The predicted molar refractivity (Wildman–Crippen MR) is 176 cm³/mol. The van der Waals surface area contributed by atoms with E-state index < -0.39 is 51.9 Å². The Balaban J connectivity index is 1.31. The molecular weight excluding hydrogens is 622 g/mol. The molecule has 0 radical (unpaired) electrons. The minimum Gasteiger partial charge on any atom is -0.443 e. The molecule has 2 aliphatic rings. The maximum Gasteiger partial charge on any atom is 0.407 e. The number of ether oxygens (including phenoxy) is 3. The number of carbonyl (C=O) groups is 2. The molecule has 3 aromatic rings. The predicted octanol–water partition coefficient (Wildman–Crippen LogP) is 3.24. The van der Waals surface area contributed by atoms with Crippen LogP contribution in [0, 0.1) is 19.8 Å². The fourth-order valence-corrected chi connectivity index (χ4v) is 8.23. The number of benzene rings is 3. The molecule has 2 saturated heterocycles. The summed E-state index contributed by atoms with van der Waals surface area (Å²) in [7, 11) is -4.00. The molecule has 12 heteroatoms. The van der Waals surface area contributed by atoms with Crippen LogP contribution in [0.5, 0.6) is 0 Å². The number of rotatable bonds is 13. The lowest BCUT2D eigenvalue weighted by molar-refractivity contribution is -0.119. The largest absolute Gasteiger partial charge is 0.443 e. The van der Waals surface area contributed by atoms with Gasteiger partial charge in [0.15, 0.2) is 16.1 Å². The molecule has 2 fully saturated rings. The van der Waals surface area contributed by atoms with E-state index in [2.05, 4.69) is 10.6 Å². The van der Waals surface area contributed by atoms with Crippen LogP contribution >= 0.6 is 0 Å². The van der Waals surface area contributed by atoms with Gasteiger partial charge in [0.2, 0.25) is 5.91 Å². The quantitative estimate of drug-likeness (QED) is 0.201. The van der Waals surface area contributed by atoms with E-state index in [1.807, 2.05) is 60.7 Å². The third-order valence-corrected chi connectivity index (χ3v) is 10.5. The van der Waals surface area contributed by atoms with Crippen molar-refractivity contribution in [3.8, 4) is 0 Å². The molecular formula is C35H43N3O8S. The summed E-state index contributed by atoms with van der Waals surface area (Å²) in [6, 6.07) is 20.5. The van der Waals surface area contributed by atoms with Gasteiger partial charge in [-0.3, -0.25) is 4.79 Å². The highest BCUT2D eigenvalue weighted by atomic mass is 32.2. The standard InChI is InChI=1S/C35H43N3O8S/c1-22-15-26(36)16-23(2)33(22)47(42,43)21-32(40)37-27(17-24-9-5-3-6-10-24)19-30(39)29(18-25-11-7-4-8-12-25)38-35(41)46-31-20-45-34-28(31)13-14-44-34/h3-12,15-16,27-31,34,39H,13-14,17-21,36H2,1-2H3,(H,37,40)(H,38,41)/t27-,28-,29-,30-,31-,34+/m0/s1. The molecule has 5 N–H and O–H groups in total. The van der Waals surface area contributed by atoms with E-state index in [1.54, 1.807) is 26.0 Å². The number of aliphatic hydroxyl groups is 1. The summed E-state index contributed by atoms with van der Waals surface area (Å²) >= 11 is 0. The molecule has 0 aromatic heterocycles. The molecule has 2 aliphatic heterocycles. The molecule has 0 spiro atoms. The number of nitrogens with one attached hydrogen (secondary N) is 2. The monoisotopic (exact) mass is 665 g/mol. The van der Waals surface area contributed by atoms with E-state index in [9.17, 15) is 23.1 Å². The van der Waals surface area contributed by atoms with Crippen LogP contribution in [0.2, 0.25) is 0 Å². The van der Waals surface area contributed by atoms with Crippen LogP contribution in [-0.4, -0.2) is 75.1 Å². The second-order valence-corrected chi connectivity index (χ2v) is 14.3. The van der Waals surface area contributed by atoms with E-state index in [0.29, 0.717) is 36.3 Å². The molecule has 5 rings (SSSR count). The number of sulfone groups is 1. The van der Waals surface area contributed by atoms with Gasteiger partial charge in [0, 0.05) is 11.7 Å². The Bertz CT molecular complexity index is 1610. The van der Waals surface area contributed by atoms with Crippen LogP contribution in [0.1, 0.15) is 35.1 Å². The van der Waals surface area contributed by atoms with Crippen molar-refractivity contribution in [2.75, 3.05) is 24.7 Å². The maximum atomic E-state index is 13.4. The van der Waals surface area contributed by atoms with Crippen LogP contribution in [0.3, 0.4) is 0 Å². The fraction of sp³-hybridized carbons (Fsp3) is 0.429. The molecule has 0 bridgehead atoms. The highest BCUT2D eigenvalue weighted by molar-refractivity contribution is 7.92. The number of nitrogen functional groups attached to an aromatic ring is 1. The Morgan fingerprint density at radius 1 is 0.957 bits per heavy atom. The van der Waals surface area contributed by atoms with Crippen LogP contribution < -0.4 is 16.4 Å². The molecule has 3 aromatic carbocycles. The summed E-state index contributed by atoms with van der Waals surface area (Å²) in [5.74, 6) is -1.51. The van der Waals surface area contributed by atoms with E-state index in [-0.39, 0.29) is 30.1 Å². The number of nitrogens with two attached hydrogens (primary N) is 1. The minimum atomic E-state index is -4.00. The van der Waals surface area contributed by atoms with Gasteiger partial charge in [0.25, 0.3) is 0 Å². The molecule has 2 heterocycles. The number of alkyl carbamates (subject to hydrolysis) is 1. The lowest BCUT2D eigenvalue weighted by atomic mass is 9.93. The zero-order valence-corrected chi connectivity index (χ0v) is 27.4. The van der Waals surface area contributed by atoms with Crippen molar-refractivity contribution in [2.24, 2.45) is 5.92 Å². The normalized spacial score (nSPS) is 21.0. The average molecular weight is 666 g/mol. The second-order valence-electron chi connectivity index (χ2n) is 12.4. The fourth-order valence-electron chi connectivity index (χ4n) is 6.56. The topological polar surface area (TPSA) is 166 Å². The summed E-state index contributed by atoms with van der Waals surface area (Å²) in [5, 5.41) is 17.3. The van der Waals surface area contributed by atoms with Gasteiger partial charge in [-0.1, -0.05) is 60.7 Å². The first kappa shape index (κ1) is 34.4. The van der Waals surface area contributed by atoms with Crippen LogP contribution in [0.25, 0.3) is 0 Å². The first-order valence-electron chi connectivity index (χ1n) is 15.8. The number of amides is 2. The van der Waals surface area contributed by atoms with E-state index in [1.165, 1.54) is 0 Å². The van der Waals surface area contributed by atoms with Crippen molar-refractivity contribution >= 4 is 27.5 Å². The lowest BCUT2D eigenvalue weighted by Crippen LogP contribution is -2.50. The Hall–Kier alpha value is -3.97. The summed E-state index contributed by atoms with van der Waals surface area (Å²) < 4.78 is 43.6. The van der Waals surface area contributed by atoms with Gasteiger partial charge < -0.3 is 35.7 Å². The Labute approximate surface area is 275 Å². The van der Waals surface area contributed by atoms with Crippen molar-refractivity contribution in [3.63, 3.8) is 0 Å². The highest BCUT2D eigenvalue weighted by Gasteiger charge is 2.44. The second kappa shape index (κ2) is 15.3. The van der Waals surface area contributed by atoms with E-state index >= 15 is 0 Å². The first-order valence-corrected chi connectivity index (χ1v) is 17.5. The van der Waals surface area contributed by atoms with Gasteiger partial charge in [-0.05, 0) is 73.9 Å². The van der Waals surface area contributed by atoms with Crippen molar-refractivity contribution in [2.45, 2.75) is 75.0 Å². The molecule has 0 aliphatic carbocycles. The van der Waals surface area contributed by atoms with Crippen LogP contribution in [0.4, 0.5) is 10.5 Å². The first-order chi connectivity index (χ1) is 22.5. The molecule has 0 unspecified atom stereocenters. The summed E-state index contributed by atoms with van der Waals surface area (Å²) in [6.07, 6.45) is -1.27. The van der Waals surface area contributed by atoms with Crippen molar-refractivity contribution in [1.29, 1.82) is 0 Å².